The Morgan fingerprint density at radius 2 is 0.489 bits per heavy atom. The van der Waals surface area contributed by atoms with Crippen molar-refractivity contribution in [2.24, 2.45) is 5.92 Å². The number of aliphatic hydroxyl groups excluding tert-OH is 1. The van der Waals surface area contributed by atoms with Crippen LogP contribution < -0.4 is 0 Å². The van der Waals surface area contributed by atoms with Crippen LogP contribution in [0.5, 0.6) is 0 Å². The van der Waals surface area contributed by atoms with Crippen molar-refractivity contribution in [3.8, 4) is 0 Å². The number of rotatable bonds is 75. The standard InChI is InChI=1S/C75H146O17P2/c1-6-9-12-15-18-21-24-27-29-30-33-36-39-46-51-56-61-75(80)91-70(64-85-72(77)58-53-48-43-37-34-32-28-25-22-19-16-13-10-7-2)66-89-93(81,82)87-62-69(76)63-88-94(83,84)90-67-71(65-86-73(78)59-54-49-44-41-40-42-47-52-57-68(4)5)92-74(79)60-55-50-45-38-35-31-26-23-20-17-14-11-8-3/h68-71,76H,6-67H2,1-5H3,(H,81,82)(H,83,84)/t69-,70-,71-/m1/s1. The molecule has 0 fully saturated rings. The Morgan fingerprint density at radius 1 is 0.287 bits per heavy atom. The zero-order valence-electron chi connectivity index (χ0n) is 61.1. The minimum atomic E-state index is -4.96. The first-order valence-electron chi connectivity index (χ1n) is 39.1. The number of phosphoric ester groups is 2. The van der Waals surface area contributed by atoms with Gasteiger partial charge < -0.3 is 33.8 Å². The molecule has 94 heavy (non-hydrogen) atoms. The van der Waals surface area contributed by atoms with E-state index in [0.29, 0.717) is 25.7 Å². The van der Waals surface area contributed by atoms with Gasteiger partial charge in [0.25, 0.3) is 0 Å². The molecule has 19 heteroatoms. The van der Waals surface area contributed by atoms with Crippen molar-refractivity contribution in [2.45, 2.75) is 412 Å². The van der Waals surface area contributed by atoms with Crippen LogP contribution in [0.4, 0.5) is 0 Å². The van der Waals surface area contributed by atoms with Crippen LogP contribution >= 0.6 is 15.6 Å². The number of aliphatic hydroxyl groups is 1. The Hall–Kier alpha value is -1.94. The van der Waals surface area contributed by atoms with Gasteiger partial charge >= 0.3 is 39.5 Å². The van der Waals surface area contributed by atoms with Gasteiger partial charge in [-0.05, 0) is 31.6 Å². The van der Waals surface area contributed by atoms with Crippen molar-refractivity contribution < 1.29 is 80.2 Å². The fourth-order valence-corrected chi connectivity index (χ4v) is 13.1. The summed E-state index contributed by atoms with van der Waals surface area (Å²) in [5, 5.41) is 10.6. The maximum absolute atomic E-state index is 13.1. The summed E-state index contributed by atoms with van der Waals surface area (Å²) in [5.74, 6) is -1.39. The highest BCUT2D eigenvalue weighted by atomic mass is 31.2. The fraction of sp³-hybridized carbons (Fsp3) is 0.947. The minimum Gasteiger partial charge on any atom is -0.462 e. The summed E-state index contributed by atoms with van der Waals surface area (Å²) < 4.78 is 68.5. The number of hydrogen-bond acceptors (Lipinski definition) is 15. The molecule has 17 nitrogen and oxygen atoms in total. The van der Waals surface area contributed by atoms with Gasteiger partial charge in [0, 0.05) is 25.7 Å². The summed E-state index contributed by atoms with van der Waals surface area (Å²) in [5.41, 5.74) is 0. The SMILES string of the molecule is CCCCCCCCCCCCCCCCCCC(=O)O[C@H](COC(=O)CCCCCCCCCCCCCCCC)COP(=O)(O)OC[C@@H](O)COP(=O)(O)OC[C@@H](COC(=O)CCCCCCCCCCC(C)C)OC(=O)CCCCCCCCCCCCCCC. The smallest absolute Gasteiger partial charge is 0.462 e. The molecule has 0 amide bonds. The molecule has 2 unspecified atom stereocenters. The average Bonchev–Trinajstić information content (AvgIpc) is 2.24. The Kier molecular flexibility index (Phi) is 66.8. The van der Waals surface area contributed by atoms with Crippen molar-refractivity contribution in [1.29, 1.82) is 0 Å². The van der Waals surface area contributed by atoms with Crippen molar-refractivity contribution in [3.05, 3.63) is 0 Å². The van der Waals surface area contributed by atoms with Crippen molar-refractivity contribution in [3.63, 3.8) is 0 Å². The third kappa shape index (κ3) is 68.6. The van der Waals surface area contributed by atoms with E-state index in [1.54, 1.807) is 0 Å². The maximum Gasteiger partial charge on any atom is 0.472 e. The molecule has 0 heterocycles. The summed E-state index contributed by atoms with van der Waals surface area (Å²) in [7, 11) is -9.91. The molecule has 0 bridgehead atoms. The van der Waals surface area contributed by atoms with Gasteiger partial charge in [-0.15, -0.1) is 0 Å². The molecule has 0 rings (SSSR count). The molecule has 3 N–H and O–H groups in total. The third-order valence-electron chi connectivity index (χ3n) is 17.5. The summed E-state index contributed by atoms with van der Waals surface area (Å²) >= 11 is 0. The van der Waals surface area contributed by atoms with E-state index in [9.17, 15) is 43.2 Å². The van der Waals surface area contributed by atoms with Gasteiger partial charge in [-0.1, -0.05) is 343 Å². The van der Waals surface area contributed by atoms with E-state index < -0.39 is 97.5 Å². The van der Waals surface area contributed by atoms with E-state index in [2.05, 4.69) is 34.6 Å². The molecule has 0 saturated carbocycles. The van der Waals surface area contributed by atoms with Crippen LogP contribution in [-0.4, -0.2) is 96.7 Å². The second-order valence-electron chi connectivity index (χ2n) is 27.5. The average molecular weight is 1380 g/mol. The Balaban J connectivity index is 5.25. The van der Waals surface area contributed by atoms with Crippen LogP contribution in [0.1, 0.15) is 394 Å². The quantitative estimate of drug-likeness (QED) is 0.0222. The lowest BCUT2D eigenvalue weighted by molar-refractivity contribution is -0.161. The molecule has 0 saturated heterocycles. The number of unbranched alkanes of at least 4 members (excludes halogenated alkanes) is 47. The first kappa shape index (κ1) is 92.1. The summed E-state index contributed by atoms with van der Waals surface area (Å²) in [6.07, 6.45) is 56.7. The maximum atomic E-state index is 13.1. The minimum absolute atomic E-state index is 0.107. The zero-order chi connectivity index (χ0) is 69.1. The summed E-state index contributed by atoms with van der Waals surface area (Å²) in [4.78, 5) is 72.8. The van der Waals surface area contributed by atoms with E-state index in [-0.39, 0.29) is 25.7 Å². The lowest BCUT2D eigenvalue weighted by Crippen LogP contribution is -2.30. The number of carbonyl (C=O) groups is 4. The lowest BCUT2D eigenvalue weighted by Gasteiger charge is -2.21. The highest BCUT2D eigenvalue weighted by Crippen LogP contribution is 2.45. The van der Waals surface area contributed by atoms with Crippen molar-refractivity contribution >= 4 is 39.5 Å². The van der Waals surface area contributed by atoms with Crippen LogP contribution in [0, 0.1) is 5.92 Å². The van der Waals surface area contributed by atoms with Gasteiger partial charge in [0.2, 0.25) is 0 Å². The molecule has 558 valence electrons. The van der Waals surface area contributed by atoms with Gasteiger partial charge in [-0.3, -0.25) is 37.3 Å². The van der Waals surface area contributed by atoms with Crippen molar-refractivity contribution in [2.75, 3.05) is 39.6 Å². The fourth-order valence-electron chi connectivity index (χ4n) is 11.5. The topological polar surface area (TPSA) is 237 Å². The molecule has 0 aliphatic rings. The summed E-state index contributed by atoms with van der Waals surface area (Å²) in [6, 6.07) is 0. The van der Waals surface area contributed by atoms with E-state index >= 15 is 0 Å². The molecular weight excluding hydrogens is 1230 g/mol. The lowest BCUT2D eigenvalue weighted by atomic mass is 10.0. The number of esters is 4. The molecule has 5 atom stereocenters. The predicted octanol–water partition coefficient (Wildman–Crippen LogP) is 22.1. The largest absolute Gasteiger partial charge is 0.472 e. The summed E-state index contributed by atoms with van der Waals surface area (Å²) in [6.45, 7) is 7.26. The Labute approximate surface area is 575 Å². The van der Waals surface area contributed by atoms with E-state index in [0.717, 1.165) is 95.8 Å². The normalized spacial score (nSPS) is 14.0. The predicted molar refractivity (Wildman–Crippen MR) is 382 cm³/mol. The first-order chi connectivity index (χ1) is 45.5. The van der Waals surface area contributed by atoms with Gasteiger partial charge in [0.05, 0.1) is 26.4 Å². The van der Waals surface area contributed by atoms with Crippen LogP contribution in [-0.2, 0) is 65.4 Å². The van der Waals surface area contributed by atoms with Gasteiger partial charge in [-0.2, -0.15) is 0 Å². The Morgan fingerprint density at radius 3 is 0.723 bits per heavy atom. The van der Waals surface area contributed by atoms with Crippen LogP contribution in [0.25, 0.3) is 0 Å². The van der Waals surface area contributed by atoms with Crippen LogP contribution in [0.15, 0.2) is 0 Å². The monoisotopic (exact) mass is 1380 g/mol. The molecule has 0 aromatic carbocycles. The highest BCUT2D eigenvalue weighted by molar-refractivity contribution is 7.47. The van der Waals surface area contributed by atoms with Crippen molar-refractivity contribution in [1.82, 2.24) is 0 Å². The number of phosphoric acid groups is 2. The number of hydrogen-bond donors (Lipinski definition) is 3. The van der Waals surface area contributed by atoms with Crippen LogP contribution in [0.3, 0.4) is 0 Å². The number of ether oxygens (including phenoxy) is 4. The molecular formula is C75H146O17P2. The molecule has 0 aliphatic heterocycles. The second-order valence-corrected chi connectivity index (χ2v) is 30.4. The molecule has 0 aromatic rings. The first-order valence-corrected chi connectivity index (χ1v) is 42.1. The van der Waals surface area contributed by atoms with Gasteiger partial charge in [0.1, 0.15) is 19.3 Å². The molecule has 0 aromatic heterocycles. The number of carbonyl (C=O) groups excluding carboxylic acids is 4. The van der Waals surface area contributed by atoms with E-state index in [1.807, 2.05) is 0 Å². The zero-order valence-corrected chi connectivity index (χ0v) is 62.9. The van der Waals surface area contributed by atoms with Crippen LogP contribution in [0.2, 0.25) is 0 Å². The second kappa shape index (κ2) is 68.2. The van der Waals surface area contributed by atoms with Gasteiger partial charge in [-0.25, -0.2) is 9.13 Å². The van der Waals surface area contributed by atoms with E-state index in [4.69, 9.17) is 37.0 Å². The van der Waals surface area contributed by atoms with E-state index in [1.165, 1.54) is 218 Å². The third-order valence-corrected chi connectivity index (χ3v) is 19.4. The highest BCUT2D eigenvalue weighted by Gasteiger charge is 2.30. The Bertz CT molecular complexity index is 1810. The molecule has 0 aliphatic carbocycles. The molecule has 0 radical (unpaired) electrons. The molecule has 0 spiro atoms. The van der Waals surface area contributed by atoms with Gasteiger partial charge in [0.15, 0.2) is 12.2 Å².